The average molecular weight is 290 g/mol. The molecule has 2 aromatic carbocycles. The number of alkyl halides is 3. The predicted octanol–water partition coefficient (Wildman–Crippen LogP) is 4.24. The minimum absolute atomic E-state index is 0.0585. The van der Waals surface area contributed by atoms with E-state index in [0.717, 1.165) is 12.1 Å². The molecule has 2 nitrogen and oxygen atoms in total. The van der Waals surface area contributed by atoms with E-state index in [1.54, 1.807) is 0 Å². The fraction of sp³-hybridized carbons (Fsp3) is 0.0769. The minimum Gasteiger partial charge on any atom is -0.507 e. The van der Waals surface area contributed by atoms with Crippen molar-refractivity contribution in [1.29, 1.82) is 0 Å². The van der Waals surface area contributed by atoms with Crippen molar-refractivity contribution in [2.45, 2.75) is 6.36 Å². The van der Waals surface area contributed by atoms with Crippen LogP contribution in [0.4, 0.5) is 22.0 Å². The largest absolute Gasteiger partial charge is 0.573 e. The van der Waals surface area contributed by atoms with Crippen molar-refractivity contribution in [3.05, 3.63) is 48.0 Å². The highest BCUT2D eigenvalue weighted by Crippen LogP contribution is 2.34. The van der Waals surface area contributed by atoms with E-state index >= 15 is 0 Å². The summed E-state index contributed by atoms with van der Waals surface area (Å²) in [5.74, 6) is -3.60. The number of aromatic hydroxyl groups is 1. The van der Waals surface area contributed by atoms with Gasteiger partial charge in [-0.1, -0.05) is 12.1 Å². The van der Waals surface area contributed by atoms with Crippen molar-refractivity contribution in [3.8, 4) is 22.6 Å². The van der Waals surface area contributed by atoms with Gasteiger partial charge in [0.25, 0.3) is 0 Å². The van der Waals surface area contributed by atoms with Crippen molar-refractivity contribution < 1.29 is 31.8 Å². The summed E-state index contributed by atoms with van der Waals surface area (Å²) in [5, 5.41) is 9.52. The lowest BCUT2D eigenvalue weighted by Gasteiger charge is -2.11. The van der Waals surface area contributed by atoms with E-state index < -0.39 is 29.5 Å². The first-order valence-corrected chi connectivity index (χ1v) is 5.30. The molecule has 0 aliphatic heterocycles. The zero-order chi connectivity index (χ0) is 14.9. The van der Waals surface area contributed by atoms with Crippen LogP contribution in [0, 0.1) is 11.6 Å². The van der Waals surface area contributed by atoms with E-state index in [1.165, 1.54) is 12.1 Å². The Morgan fingerprint density at radius 3 is 2.25 bits per heavy atom. The maximum absolute atomic E-state index is 13.1. The number of hydrogen-bond donors (Lipinski definition) is 1. The summed E-state index contributed by atoms with van der Waals surface area (Å²) in [5.41, 5.74) is -0.0836. The van der Waals surface area contributed by atoms with E-state index in [2.05, 4.69) is 4.74 Å². The molecule has 106 valence electrons. The maximum Gasteiger partial charge on any atom is 0.573 e. The second kappa shape index (κ2) is 4.99. The van der Waals surface area contributed by atoms with Crippen LogP contribution in [0.25, 0.3) is 11.1 Å². The third-order valence-electron chi connectivity index (χ3n) is 2.42. The molecule has 7 heteroatoms. The molecule has 0 unspecified atom stereocenters. The Bertz CT molecular complexity index is 637. The Morgan fingerprint density at radius 2 is 1.60 bits per heavy atom. The molecule has 0 atom stereocenters. The molecule has 0 aromatic heterocycles. The van der Waals surface area contributed by atoms with E-state index in [-0.39, 0.29) is 11.1 Å². The Hall–Kier alpha value is -2.31. The van der Waals surface area contributed by atoms with Gasteiger partial charge in [0.2, 0.25) is 0 Å². The average Bonchev–Trinajstić information content (AvgIpc) is 2.32. The minimum atomic E-state index is -4.87. The molecule has 0 spiro atoms. The van der Waals surface area contributed by atoms with E-state index in [9.17, 15) is 27.1 Å². The molecule has 0 bridgehead atoms. The van der Waals surface area contributed by atoms with Gasteiger partial charge < -0.3 is 9.84 Å². The van der Waals surface area contributed by atoms with Gasteiger partial charge in [-0.05, 0) is 23.8 Å². The molecule has 20 heavy (non-hydrogen) atoms. The van der Waals surface area contributed by atoms with Crippen molar-refractivity contribution in [3.63, 3.8) is 0 Å². The molecule has 0 heterocycles. The highest BCUT2D eigenvalue weighted by atomic mass is 19.4. The van der Waals surface area contributed by atoms with Gasteiger partial charge in [-0.15, -0.1) is 13.2 Å². The first-order chi connectivity index (χ1) is 9.26. The van der Waals surface area contributed by atoms with Gasteiger partial charge in [0.05, 0.1) is 0 Å². The van der Waals surface area contributed by atoms with Gasteiger partial charge in [0.15, 0.2) is 11.6 Å². The Labute approximate surface area is 110 Å². The standard InChI is InChI=1S/C13H7F5O2/c14-10-5-9(12(19)6-11(10)15)7-2-1-3-8(4-7)20-13(16,17)18/h1-6,19H. The van der Waals surface area contributed by atoms with Crippen LogP contribution in [0.5, 0.6) is 11.5 Å². The number of halogens is 5. The smallest absolute Gasteiger partial charge is 0.507 e. The lowest BCUT2D eigenvalue weighted by Crippen LogP contribution is -2.17. The molecule has 2 aromatic rings. The Kier molecular flexibility index (Phi) is 3.52. The van der Waals surface area contributed by atoms with Crippen molar-refractivity contribution in [2.75, 3.05) is 0 Å². The SMILES string of the molecule is Oc1cc(F)c(F)cc1-c1cccc(OC(F)(F)F)c1. The number of phenolic OH excluding ortho intramolecular Hbond substituents is 1. The molecule has 1 N–H and O–H groups in total. The fourth-order valence-electron chi connectivity index (χ4n) is 1.63. The number of rotatable bonds is 2. The molecule has 0 fully saturated rings. The first-order valence-electron chi connectivity index (χ1n) is 5.30. The van der Waals surface area contributed by atoms with Crippen LogP contribution in [0.1, 0.15) is 0 Å². The van der Waals surface area contributed by atoms with Crippen LogP contribution in [-0.4, -0.2) is 11.5 Å². The summed E-state index contributed by atoms with van der Waals surface area (Å²) < 4.78 is 66.0. The summed E-state index contributed by atoms with van der Waals surface area (Å²) >= 11 is 0. The lowest BCUT2D eigenvalue weighted by molar-refractivity contribution is -0.274. The summed E-state index contributed by atoms with van der Waals surface area (Å²) in [4.78, 5) is 0. The van der Waals surface area contributed by atoms with Crippen LogP contribution in [0.15, 0.2) is 36.4 Å². The van der Waals surface area contributed by atoms with Crippen molar-refractivity contribution in [1.82, 2.24) is 0 Å². The molecule has 0 saturated heterocycles. The second-order valence-corrected chi connectivity index (χ2v) is 3.86. The normalized spacial score (nSPS) is 11.4. The van der Waals surface area contributed by atoms with Gasteiger partial charge in [-0.3, -0.25) is 0 Å². The zero-order valence-corrected chi connectivity index (χ0v) is 9.71. The van der Waals surface area contributed by atoms with Gasteiger partial charge in [0, 0.05) is 11.6 Å². The van der Waals surface area contributed by atoms with Crippen molar-refractivity contribution >= 4 is 0 Å². The molecular formula is C13H7F5O2. The molecule has 0 saturated carbocycles. The topological polar surface area (TPSA) is 29.5 Å². The molecule has 0 radical (unpaired) electrons. The Balaban J connectivity index is 2.44. The highest BCUT2D eigenvalue weighted by Gasteiger charge is 2.31. The van der Waals surface area contributed by atoms with Gasteiger partial charge in [-0.2, -0.15) is 0 Å². The van der Waals surface area contributed by atoms with Crippen LogP contribution < -0.4 is 4.74 Å². The molecule has 0 aliphatic rings. The number of ether oxygens (including phenoxy) is 1. The van der Waals surface area contributed by atoms with Gasteiger partial charge in [-0.25, -0.2) is 8.78 Å². The fourth-order valence-corrected chi connectivity index (χ4v) is 1.63. The van der Waals surface area contributed by atoms with Crippen LogP contribution in [-0.2, 0) is 0 Å². The highest BCUT2D eigenvalue weighted by molar-refractivity contribution is 5.71. The molecular weight excluding hydrogens is 283 g/mol. The number of hydrogen-bond acceptors (Lipinski definition) is 2. The van der Waals surface area contributed by atoms with Crippen LogP contribution in [0.2, 0.25) is 0 Å². The van der Waals surface area contributed by atoms with Gasteiger partial charge in [0.1, 0.15) is 11.5 Å². The summed E-state index contributed by atoms with van der Waals surface area (Å²) in [6.45, 7) is 0. The zero-order valence-electron chi connectivity index (χ0n) is 9.71. The number of phenols is 1. The van der Waals surface area contributed by atoms with E-state index in [0.29, 0.717) is 12.1 Å². The summed E-state index contributed by atoms with van der Waals surface area (Å²) in [6, 6.07) is 5.81. The predicted molar refractivity (Wildman–Crippen MR) is 60.1 cm³/mol. The van der Waals surface area contributed by atoms with Crippen LogP contribution in [0.3, 0.4) is 0 Å². The first kappa shape index (κ1) is 14.1. The molecule has 2 rings (SSSR count). The molecule has 0 amide bonds. The summed E-state index contributed by atoms with van der Waals surface area (Å²) in [7, 11) is 0. The Morgan fingerprint density at radius 1 is 0.950 bits per heavy atom. The third-order valence-corrected chi connectivity index (χ3v) is 2.42. The van der Waals surface area contributed by atoms with Gasteiger partial charge >= 0.3 is 6.36 Å². The quantitative estimate of drug-likeness (QED) is 0.838. The van der Waals surface area contributed by atoms with Crippen LogP contribution >= 0.6 is 0 Å². The maximum atomic E-state index is 13.1. The van der Waals surface area contributed by atoms with E-state index in [4.69, 9.17) is 0 Å². The second-order valence-electron chi connectivity index (χ2n) is 3.86. The van der Waals surface area contributed by atoms with Crippen molar-refractivity contribution in [2.24, 2.45) is 0 Å². The molecule has 0 aliphatic carbocycles. The lowest BCUT2D eigenvalue weighted by atomic mass is 10.0. The summed E-state index contributed by atoms with van der Waals surface area (Å²) in [6.07, 6.45) is -4.87. The third kappa shape index (κ3) is 3.17. The number of benzene rings is 2. The monoisotopic (exact) mass is 290 g/mol. The van der Waals surface area contributed by atoms with E-state index in [1.807, 2.05) is 0 Å².